The molecule has 0 radical (unpaired) electrons. The first-order valence-corrected chi connectivity index (χ1v) is 9.59. The maximum Gasteiger partial charge on any atom is 0.239 e. The molecule has 7 nitrogen and oxygen atoms in total. The molecule has 0 aromatic rings. The Morgan fingerprint density at radius 1 is 1.12 bits per heavy atom. The van der Waals surface area contributed by atoms with E-state index in [-0.39, 0.29) is 35.4 Å². The smallest absolute Gasteiger partial charge is 0.239 e. The van der Waals surface area contributed by atoms with Gasteiger partial charge in [0.2, 0.25) is 5.91 Å². The second-order valence-electron chi connectivity index (χ2n) is 7.94. The molecule has 0 spiro atoms. The third kappa shape index (κ3) is 5.01. The molecular weight excluding hydrogens is 445 g/mol. The summed E-state index contributed by atoms with van der Waals surface area (Å²) >= 11 is 0. The van der Waals surface area contributed by atoms with Gasteiger partial charge >= 0.3 is 0 Å². The number of hydrogen-bond donors (Lipinski definition) is 1. The molecule has 0 aliphatic carbocycles. The van der Waals surface area contributed by atoms with Gasteiger partial charge in [-0.15, -0.1) is 24.0 Å². The highest BCUT2D eigenvalue weighted by Gasteiger charge is 2.34. The minimum atomic E-state index is -0.0127. The average Bonchev–Trinajstić information content (AvgIpc) is 3.14. The van der Waals surface area contributed by atoms with E-state index in [2.05, 4.69) is 34.0 Å². The van der Waals surface area contributed by atoms with E-state index in [9.17, 15) is 4.79 Å². The predicted octanol–water partition coefficient (Wildman–Crippen LogP) is 0.845. The normalized spacial score (nSPS) is 24.7. The molecule has 1 N–H and O–H groups in total. The van der Waals surface area contributed by atoms with Crippen LogP contribution in [0, 0.1) is 5.41 Å². The van der Waals surface area contributed by atoms with E-state index in [4.69, 9.17) is 4.74 Å². The van der Waals surface area contributed by atoms with Gasteiger partial charge in [-0.2, -0.15) is 0 Å². The van der Waals surface area contributed by atoms with Crippen molar-refractivity contribution in [1.82, 2.24) is 20.0 Å². The number of nitrogens with one attached hydrogen (secondary N) is 1. The summed E-state index contributed by atoms with van der Waals surface area (Å²) in [6, 6.07) is -0.0127. The molecule has 3 aliphatic rings. The van der Waals surface area contributed by atoms with E-state index < -0.39 is 0 Å². The Labute approximate surface area is 174 Å². The molecule has 3 heterocycles. The van der Waals surface area contributed by atoms with Crippen LogP contribution in [0.3, 0.4) is 0 Å². The highest BCUT2D eigenvalue weighted by atomic mass is 127. The van der Waals surface area contributed by atoms with Crippen molar-refractivity contribution in [2.45, 2.75) is 32.7 Å². The van der Waals surface area contributed by atoms with Gasteiger partial charge in [0.25, 0.3) is 0 Å². The Balaban J connectivity index is 0.00000243. The Morgan fingerprint density at radius 2 is 1.73 bits per heavy atom. The van der Waals surface area contributed by atoms with Crippen LogP contribution in [-0.4, -0.2) is 98.7 Å². The van der Waals surface area contributed by atoms with E-state index >= 15 is 0 Å². The SMILES string of the molecule is CN=C(NCC1(C)COC1)N1CCN(C(C)C(=O)N2CCCC2)CC1.I. The Hall–Kier alpha value is -0.610. The van der Waals surface area contributed by atoms with Gasteiger partial charge in [-0.3, -0.25) is 14.7 Å². The van der Waals surface area contributed by atoms with Crippen LogP contribution < -0.4 is 5.32 Å². The number of carbonyl (C=O) groups excluding carboxylic acids is 1. The summed E-state index contributed by atoms with van der Waals surface area (Å²) in [4.78, 5) is 23.7. The van der Waals surface area contributed by atoms with E-state index in [1.165, 1.54) is 0 Å². The first-order valence-electron chi connectivity index (χ1n) is 9.59. The standard InChI is InChI=1S/C18H33N5O2.HI/c1-15(16(24)22-6-4-5-7-22)21-8-10-23(11-9-21)17(19-3)20-12-18(2)13-25-14-18;/h15H,4-14H2,1-3H3,(H,19,20);1H. The number of ether oxygens (including phenoxy) is 1. The Kier molecular flexibility index (Phi) is 7.96. The summed E-state index contributed by atoms with van der Waals surface area (Å²) in [6.45, 7) is 12.3. The summed E-state index contributed by atoms with van der Waals surface area (Å²) in [5.74, 6) is 1.26. The topological polar surface area (TPSA) is 60.4 Å². The molecule has 3 aliphatic heterocycles. The van der Waals surface area contributed by atoms with Gasteiger partial charge in [0.05, 0.1) is 19.3 Å². The van der Waals surface area contributed by atoms with Gasteiger partial charge in [-0.1, -0.05) is 6.92 Å². The number of halogens is 1. The van der Waals surface area contributed by atoms with E-state index in [0.717, 1.165) is 77.8 Å². The largest absolute Gasteiger partial charge is 0.380 e. The Morgan fingerprint density at radius 3 is 2.23 bits per heavy atom. The summed E-state index contributed by atoms with van der Waals surface area (Å²) in [5, 5.41) is 3.50. The third-order valence-electron chi connectivity index (χ3n) is 5.72. The fourth-order valence-corrected chi connectivity index (χ4v) is 3.86. The number of aliphatic imine (C=N–C) groups is 1. The van der Waals surface area contributed by atoms with Gasteiger partial charge in [-0.25, -0.2) is 0 Å². The summed E-state index contributed by atoms with van der Waals surface area (Å²) < 4.78 is 5.32. The lowest BCUT2D eigenvalue weighted by molar-refractivity contribution is -0.135. The minimum Gasteiger partial charge on any atom is -0.380 e. The Bertz CT molecular complexity index is 498. The average molecular weight is 479 g/mol. The van der Waals surface area contributed by atoms with Gasteiger partial charge in [0.1, 0.15) is 0 Å². The quantitative estimate of drug-likeness (QED) is 0.368. The van der Waals surface area contributed by atoms with Crippen molar-refractivity contribution in [2.24, 2.45) is 10.4 Å². The van der Waals surface area contributed by atoms with Crippen molar-refractivity contribution in [3.05, 3.63) is 0 Å². The van der Waals surface area contributed by atoms with E-state index in [1.54, 1.807) is 0 Å². The monoisotopic (exact) mass is 479 g/mol. The van der Waals surface area contributed by atoms with Crippen LogP contribution in [0.1, 0.15) is 26.7 Å². The number of hydrogen-bond acceptors (Lipinski definition) is 4. The van der Waals surface area contributed by atoms with Crippen molar-refractivity contribution >= 4 is 35.8 Å². The van der Waals surface area contributed by atoms with Crippen LogP contribution in [0.2, 0.25) is 0 Å². The third-order valence-corrected chi connectivity index (χ3v) is 5.72. The van der Waals surface area contributed by atoms with Crippen LogP contribution >= 0.6 is 24.0 Å². The van der Waals surface area contributed by atoms with Crippen molar-refractivity contribution in [2.75, 3.05) is 66.1 Å². The number of nitrogens with zero attached hydrogens (tertiary/aromatic N) is 4. The second-order valence-corrected chi connectivity index (χ2v) is 7.94. The molecule has 8 heteroatoms. The van der Waals surface area contributed by atoms with Gasteiger partial charge < -0.3 is 19.9 Å². The molecule has 0 saturated carbocycles. The van der Waals surface area contributed by atoms with E-state index in [1.807, 2.05) is 11.9 Å². The summed E-state index contributed by atoms with van der Waals surface area (Å²) in [5.41, 5.74) is 0.231. The fraction of sp³-hybridized carbons (Fsp3) is 0.889. The van der Waals surface area contributed by atoms with Crippen molar-refractivity contribution < 1.29 is 9.53 Å². The second kappa shape index (κ2) is 9.54. The molecule has 1 amide bonds. The molecule has 3 fully saturated rings. The fourth-order valence-electron chi connectivity index (χ4n) is 3.86. The van der Waals surface area contributed by atoms with Crippen molar-refractivity contribution in [1.29, 1.82) is 0 Å². The summed E-state index contributed by atoms with van der Waals surface area (Å²) in [6.07, 6.45) is 2.30. The maximum atomic E-state index is 12.6. The summed E-state index contributed by atoms with van der Waals surface area (Å²) in [7, 11) is 1.84. The number of likely N-dealkylation sites (tertiary alicyclic amines) is 1. The van der Waals surface area contributed by atoms with Gasteiger partial charge in [0, 0.05) is 58.3 Å². The number of carbonyl (C=O) groups is 1. The molecular formula is C18H34IN5O2. The molecule has 0 aromatic heterocycles. The van der Waals surface area contributed by atoms with Crippen molar-refractivity contribution in [3.63, 3.8) is 0 Å². The molecule has 0 aromatic carbocycles. The number of amides is 1. The highest BCUT2D eigenvalue weighted by Crippen LogP contribution is 2.25. The molecule has 3 saturated heterocycles. The molecule has 1 atom stereocenters. The molecule has 1 unspecified atom stereocenters. The molecule has 0 bridgehead atoms. The van der Waals surface area contributed by atoms with Crippen LogP contribution in [0.4, 0.5) is 0 Å². The number of piperazine rings is 1. The van der Waals surface area contributed by atoms with Crippen LogP contribution in [0.5, 0.6) is 0 Å². The van der Waals surface area contributed by atoms with E-state index in [0.29, 0.717) is 5.91 Å². The minimum absolute atomic E-state index is 0. The zero-order valence-electron chi connectivity index (χ0n) is 16.4. The van der Waals surface area contributed by atoms with Crippen LogP contribution in [0.25, 0.3) is 0 Å². The molecule has 3 rings (SSSR count). The first kappa shape index (κ1) is 21.7. The lowest BCUT2D eigenvalue weighted by Crippen LogP contribution is -2.58. The molecule has 150 valence electrons. The zero-order chi connectivity index (χ0) is 17.9. The highest BCUT2D eigenvalue weighted by molar-refractivity contribution is 14.0. The first-order chi connectivity index (χ1) is 12.0. The van der Waals surface area contributed by atoms with Gasteiger partial charge in [-0.05, 0) is 19.8 Å². The lowest BCUT2D eigenvalue weighted by atomic mass is 9.89. The number of guanidine groups is 1. The van der Waals surface area contributed by atoms with Crippen LogP contribution in [0.15, 0.2) is 4.99 Å². The number of rotatable bonds is 4. The zero-order valence-corrected chi connectivity index (χ0v) is 18.7. The van der Waals surface area contributed by atoms with Crippen LogP contribution in [-0.2, 0) is 9.53 Å². The predicted molar refractivity (Wildman–Crippen MR) is 114 cm³/mol. The van der Waals surface area contributed by atoms with Crippen molar-refractivity contribution in [3.8, 4) is 0 Å². The maximum absolute atomic E-state index is 12.6. The lowest BCUT2D eigenvalue weighted by Gasteiger charge is -2.42. The molecule has 26 heavy (non-hydrogen) atoms. The van der Waals surface area contributed by atoms with Gasteiger partial charge in [0.15, 0.2) is 5.96 Å².